The maximum atomic E-state index is 13.2. The van der Waals surface area contributed by atoms with Gasteiger partial charge in [0.15, 0.2) is 0 Å². The average molecular weight is 449 g/mol. The zero-order chi connectivity index (χ0) is 22.4. The summed E-state index contributed by atoms with van der Waals surface area (Å²) in [6.45, 7) is 1.10. The Morgan fingerprint density at radius 1 is 0.844 bits per heavy atom. The van der Waals surface area contributed by atoms with Crippen molar-refractivity contribution in [2.45, 2.75) is 37.0 Å². The van der Waals surface area contributed by atoms with E-state index in [1.54, 1.807) is 24.3 Å². The van der Waals surface area contributed by atoms with Crippen LogP contribution in [0.15, 0.2) is 83.8 Å². The van der Waals surface area contributed by atoms with Crippen LogP contribution in [0.1, 0.15) is 29.5 Å². The molecule has 0 bridgehead atoms. The van der Waals surface area contributed by atoms with Crippen molar-refractivity contribution >= 4 is 21.6 Å². The van der Waals surface area contributed by atoms with Gasteiger partial charge in [0.1, 0.15) is 0 Å². The van der Waals surface area contributed by atoms with Gasteiger partial charge in [0, 0.05) is 19.5 Å². The fourth-order valence-electron chi connectivity index (χ4n) is 4.04. The third-order valence-electron chi connectivity index (χ3n) is 5.80. The monoisotopic (exact) mass is 448 g/mol. The van der Waals surface area contributed by atoms with Crippen molar-refractivity contribution in [1.29, 1.82) is 0 Å². The normalized spacial score (nSPS) is 13.4. The third-order valence-corrected chi connectivity index (χ3v) is 7.63. The van der Waals surface area contributed by atoms with Crippen LogP contribution in [0.2, 0.25) is 0 Å². The van der Waals surface area contributed by atoms with Crippen LogP contribution >= 0.6 is 0 Å². The zero-order valence-electron chi connectivity index (χ0n) is 18.0. The summed E-state index contributed by atoms with van der Waals surface area (Å²) < 4.78 is 28.0. The first-order valence-corrected chi connectivity index (χ1v) is 12.5. The Morgan fingerprint density at radius 2 is 1.53 bits per heavy atom. The summed E-state index contributed by atoms with van der Waals surface area (Å²) in [5, 5.41) is 2.95. The van der Waals surface area contributed by atoms with E-state index in [9.17, 15) is 13.2 Å². The standard InChI is InChI=1S/C26H28N2O3S/c29-26(27-19-18-21-7-2-1-3-8-21)17-14-22-12-15-24(16-13-22)32(30,31)28-20-6-10-23-9-4-5-11-25(23)28/h1-5,7-9,11-13,15-16H,6,10,14,17-20H2,(H,27,29). The molecule has 32 heavy (non-hydrogen) atoms. The molecular weight excluding hydrogens is 420 g/mol. The Morgan fingerprint density at radius 3 is 2.31 bits per heavy atom. The number of anilines is 1. The van der Waals surface area contributed by atoms with Gasteiger partial charge < -0.3 is 5.32 Å². The Kier molecular flexibility index (Phi) is 6.90. The van der Waals surface area contributed by atoms with Gasteiger partial charge in [-0.25, -0.2) is 8.42 Å². The van der Waals surface area contributed by atoms with Crippen molar-refractivity contribution in [3.05, 3.63) is 95.6 Å². The number of nitrogens with zero attached hydrogens (tertiary/aromatic N) is 1. The fraction of sp³-hybridized carbons (Fsp3) is 0.269. The maximum absolute atomic E-state index is 13.2. The van der Waals surface area contributed by atoms with Gasteiger partial charge in [-0.3, -0.25) is 9.10 Å². The second kappa shape index (κ2) is 10.0. The van der Waals surface area contributed by atoms with Crippen LogP contribution in [0, 0.1) is 0 Å². The average Bonchev–Trinajstić information content (AvgIpc) is 2.83. The van der Waals surface area contributed by atoms with E-state index in [1.807, 2.05) is 54.6 Å². The lowest BCUT2D eigenvalue weighted by Gasteiger charge is -2.30. The minimum Gasteiger partial charge on any atom is -0.356 e. The van der Waals surface area contributed by atoms with Gasteiger partial charge in [0.25, 0.3) is 10.0 Å². The van der Waals surface area contributed by atoms with E-state index in [1.165, 1.54) is 9.87 Å². The van der Waals surface area contributed by atoms with Crippen LogP contribution in [0.4, 0.5) is 5.69 Å². The highest BCUT2D eigenvalue weighted by atomic mass is 32.2. The molecule has 0 aliphatic carbocycles. The number of hydrogen-bond acceptors (Lipinski definition) is 3. The van der Waals surface area contributed by atoms with Crippen molar-refractivity contribution < 1.29 is 13.2 Å². The van der Waals surface area contributed by atoms with Crippen LogP contribution in [0.5, 0.6) is 0 Å². The van der Waals surface area contributed by atoms with Crippen LogP contribution in [-0.2, 0) is 34.1 Å². The summed E-state index contributed by atoms with van der Waals surface area (Å²) in [4.78, 5) is 12.4. The molecule has 0 aromatic heterocycles. The van der Waals surface area contributed by atoms with Crippen LogP contribution < -0.4 is 9.62 Å². The quantitative estimate of drug-likeness (QED) is 0.564. The van der Waals surface area contributed by atoms with Gasteiger partial charge in [-0.15, -0.1) is 0 Å². The Labute approximate surface area is 190 Å². The predicted octanol–water partition coefficient (Wildman–Crippen LogP) is 4.12. The lowest BCUT2D eigenvalue weighted by Crippen LogP contribution is -2.35. The number of sulfonamides is 1. The Hall–Kier alpha value is -3.12. The molecule has 0 saturated heterocycles. The number of aryl methyl sites for hydroxylation is 2. The predicted molar refractivity (Wildman–Crippen MR) is 127 cm³/mol. The molecule has 3 aromatic rings. The second-order valence-corrected chi connectivity index (χ2v) is 9.90. The van der Waals surface area contributed by atoms with E-state index in [2.05, 4.69) is 5.32 Å². The number of benzene rings is 3. The largest absolute Gasteiger partial charge is 0.356 e. The molecule has 4 rings (SSSR count). The minimum atomic E-state index is -3.61. The van der Waals surface area contributed by atoms with Crippen molar-refractivity contribution in [2.75, 3.05) is 17.4 Å². The van der Waals surface area contributed by atoms with Crippen LogP contribution in [0.25, 0.3) is 0 Å². The lowest BCUT2D eigenvalue weighted by molar-refractivity contribution is -0.121. The molecule has 166 valence electrons. The molecule has 5 nitrogen and oxygen atoms in total. The summed E-state index contributed by atoms with van der Waals surface area (Å²) in [5.41, 5.74) is 3.98. The molecule has 0 spiro atoms. The Bertz CT molecular complexity index is 1160. The molecule has 1 aliphatic rings. The second-order valence-electron chi connectivity index (χ2n) is 8.04. The number of fused-ring (bicyclic) bond motifs is 1. The van der Waals surface area contributed by atoms with Crippen LogP contribution in [0.3, 0.4) is 0 Å². The summed E-state index contributed by atoms with van der Waals surface area (Å²) in [7, 11) is -3.61. The first-order valence-electron chi connectivity index (χ1n) is 11.0. The topological polar surface area (TPSA) is 66.5 Å². The van der Waals surface area contributed by atoms with Crippen molar-refractivity contribution in [3.63, 3.8) is 0 Å². The van der Waals surface area contributed by atoms with Gasteiger partial charge in [-0.2, -0.15) is 0 Å². The van der Waals surface area contributed by atoms with Crippen molar-refractivity contribution in [2.24, 2.45) is 0 Å². The molecule has 0 atom stereocenters. The number of rotatable bonds is 8. The fourth-order valence-corrected chi connectivity index (χ4v) is 5.58. The van der Waals surface area contributed by atoms with Gasteiger partial charge in [0.2, 0.25) is 5.91 Å². The highest BCUT2D eigenvalue weighted by molar-refractivity contribution is 7.92. The molecule has 1 aliphatic heterocycles. The van der Waals surface area contributed by atoms with E-state index >= 15 is 0 Å². The van der Waals surface area contributed by atoms with E-state index < -0.39 is 10.0 Å². The highest BCUT2D eigenvalue weighted by Crippen LogP contribution is 2.31. The Balaban J connectivity index is 1.32. The van der Waals surface area contributed by atoms with E-state index in [4.69, 9.17) is 0 Å². The third kappa shape index (κ3) is 5.19. The minimum absolute atomic E-state index is 0.00236. The van der Waals surface area contributed by atoms with Crippen molar-refractivity contribution in [3.8, 4) is 0 Å². The summed E-state index contributed by atoms with van der Waals surface area (Å²) in [5.74, 6) is 0.00236. The van der Waals surface area contributed by atoms with Crippen LogP contribution in [-0.4, -0.2) is 27.4 Å². The molecule has 3 aromatic carbocycles. The lowest BCUT2D eigenvalue weighted by atomic mass is 10.0. The number of para-hydroxylation sites is 1. The van der Waals surface area contributed by atoms with Gasteiger partial charge in [-0.05, 0) is 60.6 Å². The van der Waals surface area contributed by atoms with Gasteiger partial charge >= 0.3 is 0 Å². The van der Waals surface area contributed by atoms with Gasteiger partial charge in [-0.1, -0.05) is 60.7 Å². The molecule has 0 unspecified atom stereocenters. The summed E-state index contributed by atoms with van der Waals surface area (Å²) in [6, 6.07) is 24.6. The zero-order valence-corrected chi connectivity index (χ0v) is 18.9. The van der Waals surface area contributed by atoms with E-state index in [0.717, 1.165) is 36.1 Å². The van der Waals surface area contributed by atoms with E-state index in [-0.39, 0.29) is 10.8 Å². The molecule has 0 saturated carbocycles. The molecule has 0 radical (unpaired) electrons. The van der Waals surface area contributed by atoms with E-state index in [0.29, 0.717) is 25.9 Å². The number of carbonyl (C=O) groups is 1. The molecule has 1 N–H and O–H groups in total. The number of amides is 1. The summed E-state index contributed by atoms with van der Waals surface area (Å²) >= 11 is 0. The first kappa shape index (κ1) is 22.1. The number of nitrogens with one attached hydrogen (secondary N) is 1. The van der Waals surface area contributed by atoms with Crippen molar-refractivity contribution in [1.82, 2.24) is 5.32 Å². The highest BCUT2D eigenvalue weighted by Gasteiger charge is 2.28. The molecule has 1 amide bonds. The maximum Gasteiger partial charge on any atom is 0.264 e. The smallest absolute Gasteiger partial charge is 0.264 e. The number of carbonyl (C=O) groups excluding carboxylic acids is 1. The molecule has 6 heteroatoms. The molecular formula is C26H28N2O3S. The first-order chi connectivity index (χ1) is 15.5. The van der Waals surface area contributed by atoms with Gasteiger partial charge in [0.05, 0.1) is 10.6 Å². The number of hydrogen-bond donors (Lipinski definition) is 1. The SMILES string of the molecule is O=C(CCc1ccc(S(=O)(=O)N2CCCc3ccccc32)cc1)NCCc1ccccc1. The molecule has 1 heterocycles. The molecule has 0 fully saturated rings. The summed E-state index contributed by atoms with van der Waals surface area (Å²) in [6.07, 6.45) is 3.46.